The maximum Gasteiger partial charge on any atom is 0.341 e. The second-order valence-corrected chi connectivity index (χ2v) is 8.36. The number of alkyl halides is 1. The van der Waals surface area contributed by atoms with Crippen LogP contribution in [0.5, 0.6) is 0 Å². The van der Waals surface area contributed by atoms with Gasteiger partial charge in [-0.3, -0.25) is 4.79 Å². The van der Waals surface area contributed by atoms with E-state index in [2.05, 4.69) is 0 Å². The van der Waals surface area contributed by atoms with Gasteiger partial charge in [-0.05, 0) is 37.3 Å². The van der Waals surface area contributed by atoms with Crippen LogP contribution in [-0.4, -0.2) is 40.4 Å². The molecule has 1 aromatic heterocycles. The lowest BCUT2D eigenvalue weighted by molar-refractivity contribution is 0.0694. The number of fused-ring (bicyclic) bond motifs is 1. The zero-order valence-corrected chi connectivity index (χ0v) is 15.2. The Labute approximate surface area is 159 Å². The van der Waals surface area contributed by atoms with Gasteiger partial charge in [-0.15, -0.1) is 0 Å². The van der Waals surface area contributed by atoms with Crippen LogP contribution in [0.15, 0.2) is 23.1 Å². The highest BCUT2D eigenvalue weighted by atomic mass is 19.1. The summed E-state index contributed by atoms with van der Waals surface area (Å²) >= 11 is 0. The third kappa shape index (κ3) is 2.54. The summed E-state index contributed by atoms with van der Waals surface area (Å²) in [7, 11) is 0. The number of aromatic carboxylic acids is 1. The van der Waals surface area contributed by atoms with Crippen LogP contribution in [0.25, 0.3) is 10.9 Å². The summed E-state index contributed by atoms with van der Waals surface area (Å²) in [5.74, 6) is -1.70. The highest BCUT2D eigenvalue weighted by Crippen LogP contribution is 2.45. The molecule has 0 bridgehead atoms. The fourth-order valence-corrected chi connectivity index (χ4v) is 4.50. The van der Waals surface area contributed by atoms with E-state index in [4.69, 9.17) is 5.73 Å². The maximum absolute atomic E-state index is 15.5. The van der Waals surface area contributed by atoms with E-state index >= 15 is 4.39 Å². The molecule has 1 saturated heterocycles. The molecule has 2 aliphatic carbocycles. The molecule has 2 aromatic rings. The van der Waals surface area contributed by atoms with E-state index in [9.17, 15) is 19.1 Å². The molecular formula is C20H21F2N3O3. The Bertz CT molecular complexity index is 1060. The topological polar surface area (TPSA) is 88.6 Å². The zero-order chi connectivity index (χ0) is 19.8. The Hall–Kier alpha value is -2.48. The minimum atomic E-state index is -1.40. The van der Waals surface area contributed by atoms with Crippen molar-refractivity contribution in [3.63, 3.8) is 0 Å². The molecule has 3 N–H and O–H groups in total. The van der Waals surface area contributed by atoms with E-state index < -0.39 is 35.0 Å². The SMILES string of the molecule is NC1([C@@H]2CCN(c3ccc4c(=O)c(C(=O)O)cn([C@@H]5C[C@@H]5F)c4c3F)C2)CC1. The number of halogens is 2. The standard InChI is InChI=1S/C20H21F2N3O3/c21-13-7-15(13)25-9-12(19(27)28)18(26)11-1-2-14(16(22)17(11)25)24-6-3-10(8-24)20(23)4-5-20/h1-2,9-10,13,15H,3-8,23H2,(H,27,28)/t10-,13+,15-/m1/s1. The minimum Gasteiger partial charge on any atom is -0.477 e. The zero-order valence-electron chi connectivity index (χ0n) is 15.2. The predicted octanol–water partition coefficient (Wildman–Crippen LogP) is 2.44. The molecule has 28 heavy (non-hydrogen) atoms. The summed E-state index contributed by atoms with van der Waals surface area (Å²) in [6, 6.07) is 2.33. The highest BCUT2D eigenvalue weighted by Gasteiger charge is 2.48. The molecule has 8 heteroatoms. The van der Waals surface area contributed by atoms with Gasteiger partial charge in [-0.25, -0.2) is 13.6 Å². The number of carbonyl (C=O) groups is 1. The second kappa shape index (κ2) is 5.76. The van der Waals surface area contributed by atoms with Gasteiger partial charge in [0.25, 0.3) is 0 Å². The summed E-state index contributed by atoms with van der Waals surface area (Å²) in [6.45, 7) is 1.31. The van der Waals surface area contributed by atoms with Crippen molar-refractivity contribution < 1.29 is 18.7 Å². The van der Waals surface area contributed by atoms with Crippen LogP contribution in [0.4, 0.5) is 14.5 Å². The third-order valence-corrected chi connectivity index (χ3v) is 6.55. The van der Waals surface area contributed by atoms with E-state index in [0.29, 0.717) is 24.7 Å². The van der Waals surface area contributed by atoms with Crippen molar-refractivity contribution in [1.82, 2.24) is 4.57 Å². The molecule has 2 heterocycles. The molecule has 1 aromatic carbocycles. The summed E-state index contributed by atoms with van der Waals surface area (Å²) in [6.07, 6.45) is 2.95. The lowest BCUT2D eigenvalue weighted by Gasteiger charge is -2.23. The molecule has 3 aliphatic rings. The van der Waals surface area contributed by atoms with E-state index in [1.807, 2.05) is 4.90 Å². The van der Waals surface area contributed by atoms with Gasteiger partial charge in [0, 0.05) is 36.6 Å². The van der Waals surface area contributed by atoms with Crippen LogP contribution >= 0.6 is 0 Å². The minimum absolute atomic E-state index is 0.0185. The number of aromatic nitrogens is 1. The summed E-state index contributed by atoms with van der Waals surface area (Å²) < 4.78 is 30.6. The first kappa shape index (κ1) is 17.6. The van der Waals surface area contributed by atoms with Crippen LogP contribution in [0, 0.1) is 11.7 Å². The number of hydrogen-bond donors (Lipinski definition) is 2. The maximum atomic E-state index is 15.5. The Balaban J connectivity index is 1.63. The van der Waals surface area contributed by atoms with Crippen molar-refractivity contribution in [1.29, 1.82) is 0 Å². The van der Waals surface area contributed by atoms with Gasteiger partial charge < -0.3 is 20.3 Å². The van der Waals surface area contributed by atoms with Crippen molar-refractivity contribution in [3.05, 3.63) is 39.9 Å². The number of nitrogens with two attached hydrogens (primary N) is 1. The van der Waals surface area contributed by atoms with Crippen LogP contribution < -0.4 is 16.1 Å². The molecule has 0 amide bonds. The Morgan fingerprint density at radius 3 is 2.64 bits per heavy atom. The van der Waals surface area contributed by atoms with Crippen molar-refractivity contribution in [2.45, 2.75) is 43.4 Å². The second-order valence-electron chi connectivity index (χ2n) is 8.36. The van der Waals surface area contributed by atoms with Gasteiger partial charge in [0.05, 0.1) is 17.2 Å². The Morgan fingerprint density at radius 2 is 2.04 bits per heavy atom. The third-order valence-electron chi connectivity index (χ3n) is 6.55. The Morgan fingerprint density at radius 1 is 1.32 bits per heavy atom. The van der Waals surface area contributed by atoms with E-state index in [1.54, 1.807) is 0 Å². The first-order valence-electron chi connectivity index (χ1n) is 9.59. The van der Waals surface area contributed by atoms with Gasteiger partial charge >= 0.3 is 5.97 Å². The summed E-state index contributed by atoms with van der Waals surface area (Å²) in [5, 5.41) is 9.27. The van der Waals surface area contributed by atoms with Crippen molar-refractivity contribution in [3.8, 4) is 0 Å². The average Bonchev–Trinajstić information content (AvgIpc) is 3.52. The van der Waals surface area contributed by atoms with Crippen molar-refractivity contribution >= 4 is 22.6 Å². The van der Waals surface area contributed by atoms with Gasteiger partial charge in [0.15, 0.2) is 5.82 Å². The molecule has 5 rings (SSSR count). The summed E-state index contributed by atoms with van der Waals surface area (Å²) in [4.78, 5) is 25.9. The molecule has 0 radical (unpaired) electrons. The lowest BCUT2D eigenvalue weighted by Crippen LogP contribution is -2.34. The van der Waals surface area contributed by atoms with Gasteiger partial charge in [-0.2, -0.15) is 0 Å². The first-order valence-corrected chi connectivity index (χ1v) is 9.59. The van der Waals surface area contributed by atoms with Crippen LogP contribution in [0.3, 0.4) is 0 Å². The molecule has 2 saturated carbocycles. The van der Waals surface area contributed by atoms with Crippen molar-refractivity contribution in [2.24, 2.45) is 11.7 Å². The van der Waals surface area contributed by atoms with E-state index in [-0.39, 0.29) is 22.9 Å². The number of benzene rings is 1. The molecule has 0 unspecified atom stereocenters. The smallest absolute Gasteiger partial charge is 0.341 e. The fourth-order valence-electron chi connectivity index (χ4n) is 4.50. The van der Waals surface area contributed by atoms with E-state index in [1.165, 1.54) is 16.7 Å². The number of rotatable bonds is 4. The number of carboxylic acids is 1. The molecule has 0 spiro atoms. The van der Waals surface area contributed by atoms with Gasteiger partial charge in [-0.1, -0.05) is 0 Å². The Kier molecular flexibility index (Phi) is 3.62. The normalized spacial score (nSPS) is 28.0. The number of anilines is 1. The van der Waals surface area contributed by atoms with E-state index in [0.717, 1.165) is 25.5 Å². The largest absolute Gasteiger partial charge is 0.477 e. The monoisotopic (exact) mass is 389 g/mol. The number of hydrogen-bond acceptors (Lipinski definition) is 4. The molecular weight excluding hydrogens is 368 g/mol. The van der Waals surface area contributed by atoms with Crippen LogP contribution in [0.1, 0.15) is 42.1 Å². The molecule has 3 fully saturated rings. The number of carboxylic acid groups (broad SMARTS) is 1. The fraction of sp³-hybridized carbons (Fsp3) is 0.500. The van der Waals surface area contributed by atoms with Crippen LogP contribution in [0.2, 0.25) is 0 Å². The number of nitrogens with zero attached hydrogens (tertiary/aromatic N) is 2. The molecule has 6 nitrogen and oxygen atoms in total. The first-order chi connectivity index (χ1) is 13.3. The van der Waals surface area contributed by atoms with Crippen LogP contribution in [-0.2, 0) is 0 Å². The number of pyridine rings is 1. The molecule has 148 valence electrons. The van der Waals surface area contributed by atoms with Gasteiger partial charge in [0.1, 0.15) is 11.7 Å². The van der Waals surface area contributed by atoms with Gasteiger partial charge in [0.2, 0.25) is 5.43 Å². The average molecular weight is 389 g/mol. The quantitative estimate of drug-likeness (QED) is 0.839. The van der Waals surface area contributed by atoms with Crippen molar-refractivity contribution in [2.75, 3.05) is 18.0 Å². The highest BCUT2D eigenvalue weighted by molar-refractivity contribution is 5.94. The summed E-state index contributed by atoms with van der Waals surface area (Å²) in [5.41, 5.74) is 5.28. The molecule has 3 atom stereocenters. The molecule has 1 aliphatic heterocycles. The predicted molar refractivity (Wildman–Crippen MR) is 100 cm³/mol. The lowest BCUT2D eigenvalue weighted by atomic mass is 9.97.